The molecule has 1 saturated carbocycles. The zero-order chi connectivity index (χ0) is 12.4. The van der Waals surface area contributed by atoms with E-state index in [1.165, 1.54) is 12.8 Å². The average molecular weight is 255 g/mol. The van der Waals surface area contributed by atoms with Crippen molar-refractivity contribution in [2.24, 2.45) is 11.8 Å². The van der Waals surface area contributed by atoms with E-state index in [4.69, 9.17) is 16.3 Å². The summed E-state index contributed by atoms with van der Waals surface area (Å²) < 4.78 is 5.11. The minimum atomic E-state index is -0.453. The Balaban J connectivity index is 2.21. The van der Waals surface area contributed by atoms with Crippen LogP contribution in [0.2, 0.25) is 5.02 Å². The number of hydrogen-bond donors (Lipinski definition) is 1. The molecule has 0 amide bonds. The Morgan fingerprint density at radius 1 is 1.41 bits per heavy atom. The van der Waals surface area contributed by atoms with Crippen LogP contribution in [0.15, 0.2) is 18.2 Å². The molecule has 0 bridgehead atoms. The van der Waals surface area contributed by atoms with E-state index in [1.54, 1.807) is 13.2 Å². The highest BCUT2D eigenvalue weighted by molar-refractivity contribution is 6.31. The number of aliphatic hydroxyl groups is 1. The summed E-state index contributed by atoms with van der Waals surface area (Å²) in [4.78, 5) is 0. The predicted octanol–water partition coefficient (Wildman–Crippen LogP) is 3.82. The molecule has 1 aliphatic carbocycles. The number of halogens is 1. The van der Waals surface area contributed by atoms with Crippen LogP contribution < -0.4 is 4.74 Å². The number of benzene rings is 1. The monoisotopic (exact) mass is 254 g/mol. The maximum Gasteiger partial charge on any atom is 0.120 e. The van der Waals surface area contributed by atoms with E-state index in [-0.39, 0.29) is 0 Å². The van der Waals surface area contributed by atoms with Gasteiger partial charge in [-0.3, -0.25) is 0 Å². The second-order valence-electron chi connectivity index (χ2n) is 4.90. The number of ether oxygens (including phenoxy) is 1. The molecule has 1 N–H and O–H groups in total. The Bertz CT molecular complexity index is 392. The van der Waals surface area contributed by atoms with Gasteiger partial charge in [0.25, 0.3) is 0 Å². The summed E-state index contributed by atoms with van der Waals surface area (Å²) in [6.07, 6.45) is 3.04. The summed E-state index contributed by atoms with van der Waals surface area (Å²) >= 11 is 6.19. The third-order valence-electron chi connectivity index (χ3n) is 3.86. The first kappa shape index (κ1) is 12.7. The molecule has 0 spiro atoms. The van der Waals surface area contributed by atoms with Crippen LogP contribution in [0.1, 0.15) is 37.9 Å². The van der Waals surface area contributed by atoms with Crippen molar-refractivity contribution < 1.29 is 9.84 Å². The van der Waals surface area contributed by atoms with Crippen LogP contribution in [-0.4, -0.2) is 12.2 Å². The molecule has 3 heteroatoms. The van der Waals surface area contributed by atoms with E-state index >= 15 is 0 Å². The fraction of sp³-hybridized carbons (Fsp3) is 0.571. The van der Waals surface area contributed by atoms with Crippen molar-refractivity contribution in [1.29, 1.82) is 0 Å². The van der Waals surface area contributed by atoms with Gasteiger partial charge in [-0.2, -0.15) is 0 Å². The molecular weight excluding hydrogens is 236 g/mol. The lowest BCUT2D eigenvalue weighted by molar-refractivity contribution is 0.0901. The zero-order valence-corrected chi connectivity index (χ0v) is 11.1. The molecule has 3 atom stereocenters. The molecule has 0 aliphatic heterocycles. The Morgan fingerprint density at radius 2 is 2.18 bits per heavy atom. The van der Waals surface area contributed by atoms with E-state index in [9.17, 15) is 5.11 Å². The molecule has 17 heavy (non-hydrogen) atoms. The standard InChI is InChI=1S/C14H19ClO2/c1-9-4-3-5-11(9)14(16)12-7-6-10(17-2)8-13(12)15/h6-9,11,14,16H,3-5H2,1-2H3. The van der Waals surface area contributed by atoms with Crippen molar-refractivity contribution in [3.05, 3.63) is 28.8 Å². The van der Waals surface area contributed by atoms with Gasteiger partial charge < -0.3 is 9.84 Å². The van der Waals surface area contributed by atoms with E-state index in [0.717, 1.165) is 17.7 Å². The first-order chi connectivity index (χ1) is 8.13. The molecule has 0 heterocycles. The Morgan fingerprint density at radius 3 is 2.71 bits per heavy atom. The third kappa shape index (κ3) is 2.58. The fourth-order valence-corrected chi connectivity index (χ4v) is 3.03. The zero-order valence-electron chi connectivity index (χ0n) is 10.3. The van der Waals surface area contributed by atoms with Gasteiger partial charge in [0.05, 0.1) is 18.2 Å². The summed E-state index contributed by atoms with van der Waals surface area (Å²) in [6.45, 7) is 2.21. The highest BCUT2D eigenvalue weighted by atomic mass is 35.5. The van der Waals surface area contributed by atoms with Gasteiger partial charge in [-0.15, -0.1) is 0 Å². The maximum atomic E-state index is 10.4. The molecule has 1 aromatic carbocycles. The molecule has 3 unspecified atom stereocenters. The van der Waals surface area contributed by atoms with Gasteiger partial charge in [-0.05, 0) is 36.0 Å². The molecule has 94 valence electrons. The van der Waals surface area contributed by atoms with E-state index in [2.05, 4.69) is 6.92 Å². The van der Waals surface area contributed by atoms with E-state index in [0.29, 0.717) is 16.9 Å². The second-order valence-corrected chi connectivity index (χ2v) is 5.31. The summed E-state index contributed by atoms with van der Waals surface area (Å²) in [5.41, 5.74) is 0.825. The first-order valence-corrected chi connectivity index (χ1v) is 6.52. The smallest absolute Gasteiger partial charge is 0.120 e. The van der Waals surface area contributed by atoms with Gasteiger partial charge in [-0.1, -0.05) is 37.4 Å². The van der Waals surface area contributed by atoms with Crippen molar-refractivity contribution in [3.8, 4) is 5.75 Å². The van der Waals surface area contributed by atoms with Crippen LogP contribution in [0, 0.1) is 11.8 Å². The lowest BCUT2D eigenvalue weighted by Gasteiger charge is -2.23. The van der Waals surface area contributed by atoms with Crippen LogP contribution in [0.4, 0.5) is 0 Å². The van der Waals surface area contributed by atoms with Crippen LogP contribution in [0.25, 0.3) is 0 Å². The number of methoxy groups -OCH3 is 1. The quantitative estimate of drug-likeness (QED) is 0.889. The van der Waals surface area contributed by atoms with Crippen LogP contribution in [0.3, 0.4) is 0 Å². The summed E-state index contributed by atoms with van der Waals surface area (Å²) in [6, 6.07) is 5.49. The lowest BCUT2D eigenvalue weighted by atomic mass is 9.88. The van der Waals surface area contributed by atoms with Gasteiger partial charge in [0.2, 0.25) is 0 Å². The van der Waals surface area contributed by atoms with Gasteiger partial charge in [-0.25, -0.2) is 0 Å². The Hall–Kier alpha value is -0.730. The van der Waals surface area contributed by atoms with Crippen LogP contribution in [-0.2, 0) is 0 Å². The summed E-state index contributed by atoms with van der Waals surface area (Å²) in [7, 11) is 1.61. The van der Waals surface area contributed by atoms with Crippen molar-refractivity contribution >= 4 is 11.6 Å². The topological polar surface area (TPSA) is 29.5 Å². The molecule has 1 aromatic rings. The van der Waals surface area contributed by atoms with Crippen LogP contribution in [0.5, 0.6) is 5.75 Å². The van der Waals surface area contributed by atoms with Crippen LogP contribution >= 0.6 is 11.6 Å². The van der Waals surface area contributed by atoms with Gasteiger partial charge in [0.15, 0.2) is 0 Å². The second kappa shape index (κ2) is 5.28. The van der Waals surface area contributed by atoms with Gasteiger partial charge in [0.1, 0.15) is 5.75 Å². The van der Waals surface area contributed by atoms with Crippen molar-refractivity contribution in [2.75, 3.05) is 7.11 Å². The molecule has 2 nitrogen and oxygen atoms in total. The largest absolute Gasteiger partial charge is 0.497 e. The highest BCUT2D eigenvalue weighted by Crippen LogP contribution is 2.42. The van der Waals surface area contributed by atoms with Crippen molar-refractivity contribution in [2.45, 2.75) is 32.3 Å². The molecule has 0 saturated heterocycles. The van der Waals surface area contributed by atoms with Gasteiger partial charge in [0, 0.05) is 0 Å². The normalized spacial score (nSPS) is 25.9. The minimum absolute atomic E-state index is 0.334. The summed E-state index contributed by atoms with van der Waals surface area (Å²) in [5.74, 6) is 1.63. The van der Waals surface area contributed by atoms with Crippen molar-refractivity contribution in [1.82, 2.24) is 0 Å². The first-order valence-electron chi connectivity index (χ1n) is 6.15. The Labute approximate surface area is 108 Å². The third-order valence-corrected chi connectivity index (χ3v) is 4.19. The van der Waals surface area contributed by atoms with E-state index < -0.39 is 6.10 Å². The molecule has 0 radical (unpaired) electrons. The average Bonchev–Trinajstić information content (AvgIpc) is 2.74. The highest BCUT2D eigenvalue weighted by Gasteiger charge is 2.31. The van der Waals surface area contributed by atoms with Gasteiger partial charge >= 0.3 is 0 Å². The molecule has 2 rings (SSSR count). The number of hydrogen-bond acceptors (Lipinski definition) is 2. The number of rotatable bonds is 3. The van der Waals surface area contributed by atoms with E-state index in [1.807, 2.05) is 12.1 Å². The SMILES string of the molecule is COc1ccc(C(O)C2CCCC2C)c(Cl)c1. The van der Waals surface area contributed by atoms with Crippen molar-refractivity contribution in [3.63, 3.8) is 0 Å². The molecule has 0 aromatic heterocycles. The Kier molecular flexibility index (Phi) is 3.95. The molecule has 1 fully saturated rings. The molecular formula is C14H19ClO2. The molecule has 1 aliphatic rings. The fourth-order valence-electron chi connectivity index (χ4n) is 2.75. The lowest BCUT2D eigenvalue weighted by Crippen LogP contribution is -2.15. The minimum Gasteiger partial charge on any atom is -0.497 e. The maximum absolute atomic E-state index is 10.4. The number of aliphatic hydroxyl groups excluding tert-OH is 1. The summed E-state index contributed by atoms with van der Waals surface area (Å²) in [5, 5.41) is 11.0. The predicted molar refractivity (Wildman–Crippen MR) is 69.5 cm³/mol.